The largest absolute Gasteiger partial charge is 0.466 e. The van der Waals surface area contributed by atoms with E-state index in [0.29, 0.717) is 25.9 Å². The third-order valence-corrected chi connectivity index (χ3v) is 19.9. The molecule has 2 atom stereocenters. The number of carbonyl (C=O) groups is 2. The molecule has 1 amide bonds. The van der Waals surface area contributed by atoms with Crippen LogP contribution in [0.15, 0.2) is 36.5 Å². The highest BCUT2D eigenvalue weighted by Gasteiger charge is 2.20. The van der Waals surface area contributed by atoms with Crippen molar-refractivity contribution in [1.82, 2.24) is 5.32 Å². The summed E-state index contributed by atoms with van der Waals surface area (Å²) in [7, 11) is 0. The van der Waals surface area contributed by atoms with E-state index in [1.807, 2.05) is 0 Å². The number of aliphatic hydroxyl groups excluding tert-OH is 2. The molecule has 0 radical (unpaired) electrons. The standard InChI is InChI=1S/C86H165NO5/c1-3-5-7-9-11-13-15-17-19-21-22-23-24-34-37-40-43-47-50-54-58-62-66-70-74-78-84(89)83(82-88)87-85(90)79-75-71-67-63-59-55-51-48-44-41-38-35-32-30-28-26-25-27-29-31-33-36-39-42-45-49-53-57-61-65-69-73-77-81-92-86(91)80-76-72-68-64-60-56-52-46-20-18-16-14-12-10-8-6-4-2/h18,20,29,31,36,39,83-84,88-89H,3-17,19,21-28,30,32-35,37-38,40-82H2,1-2H3,(H,87,90)/b20-18-,31-29-,39-36-. The van der Waals surface area contributed by atoms with Gasteiger partial charge in [0.15, 0.2) is 0 Å². The molecule has 0 spiro atoms. The second kappa shape index (κ2) is 81.5. The van der Waals surface area contributed by atoms with Crippen LogP contribution in [0.5, 0.6) is 0 Å². The average molecular weight is 1290 g/mol. The van der Waals surface area contributed by atoms with Crippen LogP contribution in [0.2, 0.25) is 0 Å². The number of carbonyl (C=O) groups excluding carboxylic acids is 2. The van der Waals surface area contributed by atoms with Crippen molar-refractivity contribution < 1.29 is 24.5 Å². The first-order chi connectivity index (χ1) is 45.5. The highest BCUT2D eigenvalue weighted by atomic mass is 16.5. The highest BCUT2D eigenvalue weighted by molar-refractivity contribution is 5.76. The summed E-state index contributed by atoms with van der Waals surface area (Å²) in [5.41, 5.74) is 0. The van der Waals surface area contributed by atoms with Gasteiger partial charge in [-0.25, -0.2) is 0 Å². The molecule has 0 rings (SSSR count). The van der Waals surface area contributed by atoms with E-state index >= 15 is 0 Å². The predicted molar refractivity (Wildman–Crippen MR) is 407 cm³/mol. The van der Waals surface area contributed by atoms with E-state index in [4.69, 9.17) is 4.74 Å². The molecule has 0 aromatic rings. The van der Waals surface area contributed by atoms with Crippen molar-refractivity contribution in [1.29, 1.82) is 0 Å². The van der Waals surface area contributed by atoms with E-state index in [1.54, 1.807) is 0 Å². The first-order valence-electron chi connectivity index (χ1n) is 42.2. The Morgan fingerprint density at radius 1 is 0.304 bits per heavy atom. The lowest BCUT2D eigenvalue weighted by Crippen LogP contribution is -2.45. The first-order valence-corrected chi connectivity index (χ1v) is 42.2. The third-order valence-electron chi connectivity index (χ3n) is 19.9. The number of rotatable bonds is 80. The van der Waals surface area contributed by atoms with Crippen molar-refractivity contribution in [2.24, 2.45) is 0 Å². The summed E-state index contributed by atoms with van der Waals surface area (Å²) in [4.78, 5) is 24.7. The summed E-state index contributed by atoms with van der Waals surface area (Å²) in [6.07, 6.45) is 107. The topological polar surface area (TPSA) is 95.9 Å². The monoisotopic (exact) mass is 1290 g/mol. The molecule has 0 aliphatic rings. The molecule has 6 nitrogen and oxygen atoms in total. The quantitative estimate of drug-likeness (QED) is 0.0320. The number of hydrogen-bond acceptors (Lipinski definition) is 5. The summed E-state index contributed by atoms with van der Waals surface area (Å²) < 4.78 is 5.50. The lowest BCUT2D eigenvalue weighted by molar-refractivity contribution is -0.143. The predicted octanol–water partition coefficient (Wildman–Crippen LogP) is 28.2. The van der Waals surface area contributed by atoms with E-state index < -0.39 is 12.1 Å². The van der Waals surface area contributed by atoms with Gasteiger partial charge in [0.1, 0.15) is 0 Å². The fourth-order valence-electron chi connectivity index (χ4n) is 13.5. The number of ether oxygens (including phenoxy) is 1. The minimum Gasteiger partial charge on any atom is -0.466 e. The van der Waals surface area contributed by atoms with Gasteiger partial charge in [0.25, 0.3) is 0 Å². The molecular weight excluding hydrogens is 1130 g/mol. The van der Waals surface area contributed by atoms with E-state index in [0.717, 1.165) is 51.4 Å². The zero-order valence-electron chi connectivity index (χ0n) is 62.6. The molecule has 2 unspecified atom stereocenters. The minimum absolute atomic E-state index is 0.0119. The number of unbranched alkanes of at least 4 members (excludes halogenated alkanes) is 63. The van der Waals surface area contributed by atoms with Crippen molar-refractivity contribution >= 4 is 11.9 Å². The molecule has 0 aromatic heterocycles. The second-order valence-electron chi connectivity index (χ2n) is 29.2. The molecule has 92 heavy (non-hydrogen) atoms. The Kier molecular flexibility index (Phi) is 79.8. The molecule has 6 heteroatoms. The smallest absolute Gasteiger partial charge is 0.305 e. The van der Waals surface area contributed by atoms with Crippen molar-refractivity contribution in [3.05, 3.63) is 36.5 Å². The number of hydrogen-bond donors (Lipinski definition) is 3. The maximum Gasteiger partial charge on any atom is 0.305 e. The summed E-state index contributed by atoms with van der Waals surface area (Å²) in [5, 5.41) is 23.5. The number of amides is 1. The molecule has 0 heterocycles. The summed E-state index contributed by atoms with van der Waals surface area (Å²) in [6.45, 7) is 5.00. The van der Waals surface area contributed by atoms with Crippen molar-refractivity contribution in [2.45, 2.75) is 488 Å². The molecule has 0 saturated carbocycles. The van der Waals surface area contributed by atoms with Crippen LogP contribution in [0.3, 0.4) is 0 Å². The number of aliphatic hydroxyl groups is 2. The fraction of sp³-hybridized carbons (Fsp3) is 0.907. The Morgan fingerprint density at radius 2 is 0.543 bits per heavy atom. The molecule has 544 valence electrons. The Bertz CT molecular complexity index is 1490. The molecule has 0 aliphatic heterocycles. The van der Waals surface area contributed by atoms with Gasteiger partial charge < -0.3 is 20.3 Å². The Labute approximate surface area is 576 Å². The van der Waals surface area contributed by atoms with Gasteiger partial charge in [-0.15, -0.1) is 0 Å². The summed E-state index contributed by atoms with van der Waals surface area (Å²) in [5.74, 6) is -0.0154. The summed E-state index contributed by atoms with van der Waals surface area (Å²) >= 11 is 0. The van der Waals surface area contributed by atoms with Crippen molar-refractivity contribution in [3.8, 4) is 0 Å². The summed E-state index contributed by atoms with van der Waals surface area (Å²) in [6, 6.07) is -0.542. The van der Waals surface area contributed by atoms with E-state index in [9.17, 15) is 19.8 Å². The number of allylic oxidation sites excluding steroid dienone is 6. The Morgan fingerprint density at radius 3 is 0.837 bits per heavy atom. The zero-order chi connectivity index (χ0) is 66.3. The zero-order valence-corrected chi connectivity index (χ0v) is 62.6. The molecule has 3 N–H and O–H groups in total. The fourth-order valence-corrected chi connectivity index (χ4v) is 13.5. The minimum atomic E-state index is -0.665. The average Bonchev–Trinajstić information content (AvgIpc) is 3.61. The van der Waals surface area contributed by atoms with Gasteiger partial charge in [0.2, 0.25) is 5.91 Å². The van der Waals surface area contributed by atoms with Crippen molar-refractivity contribution in [3.63, 3.8) is 0 Å². The SMILES string of the molecule is CCCCCCCC/C=C\CCCCCCCCCC(=O)OCCCCCCCCCCC/C=C\C/C=C\CCCCCCCCCCCCCCCCCCCC(=O)NC(CO)C(O)CCCCCCCCCCCCCCCCCCCCCCCCCCC. The first kappa shape index (κ1) is 90.1. The van der Waals surface area contributed by atoms with E-state index in [-0.39, 0.29) is 18.5 Å². The van der Waals surface area contributed by atoms with Gasteiger partial charge >= 0.3 is 5.97 Å². The highest BCUT2D eigenvalue weighted by Crippen LogP contribution is 2.20. The van der Waals surface area contributed by atoms with Crippen molar-refractivity contribution in [2.75, 3.05) is 13.2 Å². The van der Waals surface area contributed by atoms with Crippen LogP contribution in [0, 0.1) is 0 Å². The molecule has 0 aromatic carbocycles. The van der Waals surface area contributed by atoms with Gasteiger partial charge in [0.05, 0.1) is 25.4 Å². The molecule has 0 aliphatic carbocycles. The van der Waals surface area contributed by atoms with Gasteiger partial charge in [-0.05, 0) is 83.5 Å². The van der Waals surface area contributed by atoms with Crippen LogP contribution in [0.4, 0.5) is 0 Å². The Hall–Kier alpha value is -1.92. The molecule has 0 saturated heterocycles. The van der Waals surface area contributed by atoms with Gasteiger partial charge in [0, 0.05) is 12.8 Å². The normalized spacial score (nSPS) is 12.6. The van der Waals surface area contributed by atoms with E-state index in [1.165, 1.54) is 392 Å². The van der Waals surface area contributed by atoms with E-state index in [2.05, 4.69) is 55.6 Å². The molecule has 0 bridgehead atoms. The lowest BCUT2D eigenvalue weighted by Gasteiger charge is -2.22. The molecule has 0 fully saturated rings. The van der Waals surface area contributed by atoms with Crippen LogP contribution in [-0.2, 0) is 14.3 Å². The number of esters is 1. The molecular formula is C86H165NO5. The third kappa shape index (κ3) is 77.1. The number of nitrogens with one attached hydrogen (secondary N) is 1. The van der Waals surface area contributed by atoms with Crippen LogP contribution < -0.4 is 5.32 Å². The van der Waals surface area contributed by atoms with Crippen LogP contribution in [-0.4, -0.2) is 47.4 Å². The maximum absolute atomic E-state index is 12.6. The van der Waals surface area contributed by atoms with Gasteiger partial charge in [-0.1, -0.05) is 416 Å². The van der Waals surface area contributed by atoms with Gasteiger partial charge in [-0.3, -0.25) is 9.59 Å². The maximum atomic E-state index is 12.6. The van der Waals surface area contributed by atoms with Gasteiger partial charge in [-0.2, -0.15) is 0 Å². The second-order valence-corrected chi connectivity index (χ2v) is 29.2. The Balaban J connectivity index is 3.38. The van der Waals surface area contributed by atoms with Crippen LogP contribution in [0.1, 0.15) is 476 Å². The van der Waals surface area contributed by atoms with Crippen LogP contribution >= 0.6 is 0 Å². The lowest BCUT2D eigenvalue weighted by atomic mass is 10.0. The van der Waals surface area contributed by atoms with Crippen LogP contribution in [0.25, 0.3) is 0 Å².